The fourth-order valence-electron chi connectivity index (χ4n) is 2.21. The molecule has 1 aromatic rings. The van der Waals surface area contributed by atoms with Crippen LogP contribution < -0.4 is 4.74 Å². The normalized spacial score (nSPS) is 16.1. The number of hydrogen-bond acceptors (Lipinski definition) is 2. The van der Waals surface area contributed by atoms with Gasteiger partial charge in [0.2, 0.25) is 0 Å². The van der Waals surface area contributed by atoms with Crippen molar-refractivity contribution in [2.75, 3.05) is 6.61 Å². The van der Waals surface area contributed by atoms with E-state index in [-0.39, 0.29) is 11.8 Å². The number of carboxylic acids is 1. The summed E-state index contributed by atoms with van der Waals surface area (Å²) < 4.78 is 5.71. The van der Waals surface area contributed by atoms with Gasteiger partial charge in [-0.25, -0.2) is 0 Å². The van der Waals surface area contributed by atoms with Gasteiger partial charge in [-0.15, -0.1) is 0 Å². The summed E-state index contributed by atoms with van der Waals surface area (Å²) in [4.78, 5) is 11.0. The lowest BCUT2D eigenvalue weighted by molar-refractivity contribution is -0.137. The van der Waals surface area contributed by atoms with Crippen LogP contribution in [0.4, 0.5) is 0 Å². The highest BCUT2D eigenvalue weighted by molar-refractivity contribution is 5.70. The van der Waals surface area contributed by atoms with Crippen LogP contribution in [-0.4, -0.2) is 17.7 Å². The fraction of sp³-hybridized carbons (Fsp3) is 0.400. The molecule has 18 heavy (non-hydrogen) atoms. The highest BCUT2D eigenvalue weighted by atomic mass is 16.5. The van der Waals surface area contributed by atoms with Crippen LogP contribution in [0.25, 0.3) is 0 Å². The zero-order chi connectivity index (χ0) is 13.2. The zero-order valence-electron chi connectivity index (χ0n) is 10.6. The molecule has 2 rings (SSSR count). The third-order valence-electron chi connectivity index (χ3n) is 3.28. The summed E-state index contributed by atoms with van der Waals surface area (Å²) in [5, 5.41) is 9.00. The summed E-state index contributed by atoms with van der Waals surface area (Å²) >= 11 is 0. The van der Waals surface area contributed by atoms with Crippen molar-refractivity contribution in [3.63, 3.8) is 0 Å². The summed E-state index contributed by atoms with van der Waals surface area (Å²) in [6.07, 6.45) is 2.03. The molecule has 0 unspecified atom stereocenters. The molecular formula is C15H18O3. The van der Waals surface area contributed by atoms with E-state index >= 15 is 0 Å². The maximum atomic E-state index is 11.0. The van der Waals surface area contributed by atoms with Crippen LogP contribution in [0.15, 0.2) is 36.4 Å². The van der Waals surface area contributed by atoms with E-state index in [1.165, 1.54) is 0 Å². The Morgan fingerprint density at radius 1 is 1.44 bits per heavy atom. The van der Waals surface area contributed by atoms with Crippen LogP contribution in [0.3, 0.4) is 0 Å². The number of carbonyl (C=O) groups is 1. The van der Waals surface area contributed by atoms with E-state index in [0.717, 1.165) is 29.7 Å². The summed E-state index contributed by atoms with van der Waals surface area (Å²) in [5.41, 5.74) is 1.76. The first-order chi connectivity index (χ1) is 8.53. The second-order valence-corrected chi connectivity index (χ2v) is 5.09. The molecule has 0 spiro atoms. The van der Waals surface area contributed by atoms with Gasteiger partial charge in [0.15, 0.2) is 0 Å². The molecule has 0 atom stereocenters. The molecule has 1 aliphatic rings. The van der Waals surface area contributed by atoms with Gasteiger partial charge in [0, 0.05) is 11.0 Å². The number of aliphatic carboxylic acids is 1. The van der Waals surface area contributed by atoms with Crippen molar-refractivity contribution in [1.82, 2.24) is 0 Å². The molecule has 96 valence electrons. The Hall–Kier alpha value is -1.77. The quantitative estimate of drug-likeness (QED) is 0.784. The van der Waals surface area contributed by atoms with Gasteiger partial charge in [0.25, 0.3) is 0 Å². The molecular weight excluding hydrogens is 228 g/mol. The molecule has 3 heteroatoms. The Balaban J connectivity index is 2.22. The van der Waals surface area contributed by atoms with Gasteiger partial charge >= 0.3 is 5.97 Å². The summed E-state index contributed by atoms with van der Waals surface area (Å²) in [6.45, 7) is 6.19. The molecule has 1 saturated carbocycles. The predicted molar refractivity (Wildman–Crippen MR) is 69.9 cm³/mol. The smallest absolute Gasteiger partial charge is 0.304 e. The minimum absolute atomic E-state index is 0.181. The van der Waals surface area contributed by atoms with Crippen molar-refractivity contribution >= 4 is 5.97 Å². The van der Waals surface area contributed by atoms with Gasteiger partial charge in [-0.3, -0.25) is 4.79 Å². The molecule has 1 N–H and O–H groups in total. The van der Waals surface area contributed by atoms with Gasteiger partial charge in [0.1, 0.15) is 12.4 Å². The lowest BCUT2D eigenvalue weighted by Gasteiger charge is -2.18. The van der Waals surface area contributed by atoms with Crippen molar-refractivity contribution < 1.29 is 14.6 Å². The van der Waals surface area contributed by atoms with E-state index in [1.54, 1.807) is 0 Å². The van der Waals surface area contributed by atoms with Crippen molar-refractivity contribution in [3.8, 4) is 5.75 Å². The van der Waals surface area contributed by atoms with Gasteiger partial charge in [-0.1, -0.05) is 24.8 Å². The Morgan fingerprint density at radius 2 is 2.11 bits per heavy atom. The number of hydrogen-bond donors (Lipinski definition) is 1. The molecule has 0 aromatic heterocycles. The number of ether oxygens (including phenoxy) is 1. The molecule has 0 bridgehead atoms. The Morgan fingerprint density at radius 3 is 2.67 bits per heavy atom. The molecule has 0 aliphatic heterocycles. The van der Waals surface area contributed by atoms with Gasteiger partial charge in [-0.05, 0) is 31.4 Å². The van der Waals surface area contributed by atoms with E-state index < -0.39 is 5.97 Å². The molecule has 0 amide bonds. The van der Waals surface area contributed by atoms with Crippen LogP contribution in [0.5, 0.6) is 5.75 Å². The van der Waals surface area contributed by atoms with E-state index in [2.05, 4.69) is 6.58 Å². The molecule has 1 aliphatic carbocycles. The minimum atomic E-state index is -0.748. The van der Waals surface area contributed by atoms with Gasteiger partial charge in [-0.2, -0.15) is 0 Å². The topological polar surface area (TPSA) is 46.5 Å². The van der Waals surface area contributed by atoms with Crippen LogP contribution >= 0.6 is 0 Å². The van der Waals surface area contributed by atoms with Crippen LogP contribution in [0.2, 0.25) is 0 Å². The highest BCUT2D eigenvalue weighted by Gasteiger charge is 2.47. The minimum Gasteiger partial charge on any atom is -0.489 e. The second kappa shape index (κ2) is 4.84. The van der Waals surface area contributed by atoms with Crippen LogP contribution in [-0.2, 0) is 10.2 Å². The molecule has 0 saturated heterocycles. The SMILES string of the molecule is C=C(C)COc1ccccc1C1(CC(=O)O)CC1. The number of rotatable bonds is 6. The van der Waals surface area contributed by atoms with E-state index in [4.69, 9.17) is 9.84 Å². The number of para-hydroxylation sites is 1. The fourth-order valence-corrected chi connectivity index (χ4v) is 2.21. The predicted octanol–water partition coefficient (Wildman–Crippen LogP) is 3.15. The first-order valence-electron chi connectivity index (χ1n) is 6.12. The Bertz CT molecular complexity index is 472. The first kappa shape index (κ1) is 12.7. The molecule has 1 aromatic carbocycles. The lowest BCUT2D eigenvalue weighted by Crippen LogP contribution is -2.14. The average molecular weight is 246 g/mol. The van der Waals surface area contributed by atoms with E-state index in [1.807, 2.05) is 31.2 Å². The number of benzene rings is 1. The van der Waals surface area contributed by atoms with Crippen LogP contribution in [0.1, 0.15) is 31.7 Å². The summed E-state index contributed by atoms with van der Waals surface area (Å²) in [6, 6.07) is 7.73. The molecule has 0 heterocycles. The molecule has 3 nitrogen and oxygen atoms in total. The van der Waals surface area contributed by atoms with Crippen molar-refractivity contribution in [2.24, 2.45) is 0 Å². The zero-order valence-corrected chi connectivity index (χ0v) is 10.6. The molecule has 1 fully saturated rings. The second-order valence-electron chi connectivity index (χ2n) is 5.09. The monoisotopic (exact) mass is 246 g/mol. The average Bonchev–Trinajstić information content (AvgIpc) is 3.06. The standard InChI is InChI=1S/C15H18O3/c1-11(2)10-18-13-6-4-3-5-12(13)15(7-8-15)9-14(16)17/h3-6H,1,7-10H2,2H3,(H,16,17). The maximum absolute atomic E-state index is 11.0. The van der Waals surface area contributed by atoms with Crippen molar-refractivity contribution in [2.45, 2.75) is 31.6 Å². The highest BCUT2D eigenvalue weighted by Crippen LogP contribution is 2.53. The van der Waals surface area contributed by atoms with E-state index in [9.17, 15) is 4.79 Å². The Labute approximate surface area is 107 Å². The van der Waals surface area contributed by atoms with Crippen molar-refractivity contribution in [3.05, 3.63) is 42.0 Å². The molecule has 0 radical (unpaired) electrons. The summed E-state index contributed by atoms with van der Waals surface area (Å²) in [7, 11) is 0. The van der Waals surface area contributed by atoms with Crippen LogP contribution in [0, 0.1) is 0 Å². The third kappa shape index (κ3) is 2.73. The van der Waals surface area contributed by atoms with Gasteiger partial charge < -0.3 is 9.84 Å². The van der Waals surface area contributed by atoms with E-state index in [0.29, 0.717) is 6.61 Å². The lowest BCUT2D eigenvalue weighted by atomic mass is 9.91. The Kier molecular flexibility index (Phi) is 3.41. The third-order valence-corrected chi connectivity index (χ3v) is 3.28. The van der Waals surface area contributed by atoms with Crippen molar-refractivity contribution in [1.29, 1.82) is 0 Å². The van der Waals surface area contributed by atoms with Gasteiger partial charge in [0.05, 0.1) is 6.42 Å². The maximum Gasteiger partial charge on any atom is 0.304 e. The number of carboxylic acid groups (broad SMARTS) is 1. The first-order valence-corrected chi connectivity index (χ1v) is 6.12. The largest absolute Gasteiger partial charge is 0.489 e. The summed E-state index contributed by atoms with van der Waals surface area (Å²) in [5.74, 6) is 0.0430.